The van der Waals surface area contributed by atoms with Gasteiger partial charge < -0.3 is 25.3 Å². The monoisotopic (exact) mass is 358 g/mol. The summed E-state index contributed by atoms with van der Waals surface area (Å²) in [6.07, 6.45) is 4.79. The summed E-state index contributed by atoms with van der Waals surface area (Å²) >= 11 is 0. The molecule has 1 atom stereocenters. The predicted octanol–water partition coefficient (Wildman–Crippen LogP) is 2.03. The third-order valence-corrected chi connectivity index (χ3v) is 4.01. The Kier molecular flexibility index (Phi) is 8.89. The van der Waals surface area contributed by atoms with Gasteiger partial charge in [-0.3, -0.25) is 4.79 Å². The van der Waals surface area contributed by atoms with Crippen LogP contribution in [-0.4, -0.2) is 38.9 Å². The fraction of sp³-hybridized carbons (Fsp3) is 0.588. The molecule has 136 valence electrons. The number of benzene rings is 1. The average molecular weight is 359 g/mol. The molecular formula is C17H27ClN2O4. The van der Waals surface area contributed by atoms with E-state index in [1.807, 2.05) is 18.2 Å². The fourth-order valence-electron chi connectivity index (χ4n) is 2.67. The summed E-state index contributed by atoms with van der Waals surface area (Å²) in [5.41, 5.74) is 6.63. The third kappa shape index (κ3) is 5.85. The smallest absolute Gasteiger partial charge is 0.239 e. The van der Waals surface area contributed by atoms with Crippen molar-refractivity contribution in [3.8, 4) is 11.5 Å². The summed E-state index contributed by atoms with van der Waals surface area (Å²) in [4.78, 5) is 11.9. The molecule has 0 aromatic heterocycles. The summed E-state index contributed by atoms with van der Waals surface area (Å²) in [5.74, 6) is 1.26. The van der Waals surface area contributed by atoms with Gasteiger partial charge in [0.25, 0.3) is 0 Å². The summed E-state index contributed by atoms with van der Waals surface area (Å²) in [7, 11) is 3.14. The number of nitrogens with one attached hydrogen (secondary N) is 1. The molecule has 6 nitrogen and oxygen atoms in total. The van der Waals surface area contributed by atoms with E-state index in [4.69, 9.17) is 19.9 Å². The first-order valence-corrected chi connectivity index (χ1v) is 8.00. The normalized spacial score (nSPS) is 15.5. The van der Waals surface area contributed by atoms with Gasteiger partial charge in [-0.2, -0.15) is 0 Å². The molecule has 24 heavy (non-hydrogen) atoms. The first kappa shape index (κ1) is 20.5. The van der Waals surface area contributed by atoms with Crippen LogP contribution in [0.5, 0.6) is 11.5 Å². The van der Waals surface area contributed by atoms with E-state index in [0.29, 0.717) is 6.54 Å². The Hall–Kier alpha value is -1.50. The summed E-state index contributed by atoms with van der Waals surface area (Å²) in [5, 5.41) is 2.82. The van der Waals surface area contributed by atoms with Crippen molar-refractivity contribution < 1.29 is 19.0 Å². The molecule has 0 radical (unpaired) electrons. The molecule has 3 N–H and O–H groups in total. The molecule has 1 unspecified atom stereocenters. The lowest BCUT2D eigenvalue weighted by atomic mass is 10.1. The van der Waals surface area contributed by atoms with Crippen LogP contribution in [0.3, 0.4) is 0 Å². The minimum atomic E-state index is -0.669. The van der Waals surface area contributed by atoms with Crippen molar-refractivity contribution in [2.45, 2.75) is 44.4 Å². The van der Waals surface area contributed by atoms with Crippen molar-refractivity contribution in [3.63, 3.8) is 0 Å². The van der Waals surface area contributed by atoms with E-state index in [1.165, 1.54) is 20.0 Å². The Labute approximate surface area is 149 Å². The number of carbonyl (C=O) groups excluding carboxylic acids is 1. The van der Waals surface area contributed by atoms with Gasteiger partial charge in [-0.05, 0) is 37.8 Å². The average Bonchev–Trinajstić information content (AvgIpc) is 3.06. The van der Waals surface area contributed by atoms with Gasteiger partial charge in [-0.1, -0.05) is 0 Å². The number of ether oxygens (including phenoxy) is 3. The second-order valence-corrected chi connectivity index (χ2v) is 5.78. The molecule has 0 bridgehead atoms. The molecule has 2 rings (SSSR count). The lowest BCUT2D eigenvalue weighted by Crippen LogP contribution is -2.43. The van der Waals surface area contributed by atoms with Gasteiger partial charge in [0.2, 0.25) is 5.91 Å². The Bertz CT molecular complexity index is 521. The highest BCUT2D eigenvalue weighted by molar-refractivity contribution is 5.85. The van der Waals surface area contributed by atoms with Crippen LogP contribution < -0.4 is 20.5 Å². The van der Waals surface area contributed by atoms with Crippen molar-refractivity contribution in [1.29, 1.82) is 0 Å². The van der Waals surface area contributed by atoms with Gasteiger partial charge in [0.1, 0.15) is 17.5 Å². The van der Waals surface area contributed by atoms with E-state index in [-0.39, 0.29) is 31.0 Å². The van der Waals surface area contributed by atoms with Crippen LogP contribution >= 0.6 is 12.4 Å². The van der Waals surface area contributed by atoms with E-state index in [1.54, 1.807) is 7.11 Å². The summed E-state index contributed by atoms with van der Waals surface area (Å²) in [6.45, 7) is 0.558. The minimum absolute atomic E-state index is 0. The molecule has 7 heteroatoms. The van der Waals surface area contributed by atoms with Gasteiger partial charge in [0.15, 0.2) is 0 Å². The first-order valence-electron chi connectivity index (χ1n) is 8.00. The lowest BCUT2D eigenvalue weighted by molar-refractivity contribution is -0.123. The topological polar surface area (TPSA) is 82.8 Å². The number of halogens is 1. The second-order valence-electron chi connectivity index (χ2n) is 5.78. The van der Waals surface area contributed by atoms with Crippen molar-refractivity contribution >= 4 is 18.3 Å². The molecule has 0 heterocycles. The Morgan fingerprint density at radius 2 is 2.04 bits per heavy atom. The predicted molar refractivity (Wildman–Crippen MR) is 94.8 cm³/mol. The molecule has 1 aromatic rings. The van der Waals surface area contributed by atoms with Crippen molar-refractivity contribution in [3.05, 3.63) is 23.8 Å². The highest BCUT2D eigenvalue weighted by Crippen LogP contribution is 2.29. The van der Waals surface area contributed by atoms with Crippen molar-refractivity contribution in [1.82, 2.24) is 5.32 Å². The van der Waals surface area contributed by atoms with E-state index in [9.17, 15) is 4.79 Å². The number of methoxy groups -OCH3 is 2. The number of amides is 1. The largest absolute Gasteiger partial charge is 0.497 e. The zero-order chi connectivity index (χ0) is 16.7. The molecule has 0 spiro atoms. The van der Waals surface area contributed by atoms with Crippen LogP contribution in [0.4, 0.5) is 0 Å². The van der Waals surface area contributed by atoms with E-state index in [0.717, 1.165) is 29.9 Å². The van der Waals surface area contributed by atoms with Crippen LogP contribution in [0.1, 0.15) is 31.2 Å². The molecule has 1 saturated carbocycles. The molecule has 1 aliphatic carbocycles. The molecule has 1 aromatic carbocycles. The van der Waals surface area contributed by atoms with Gasteiger partial charge in [0, 0.05) is 25.3 Å². The third-order valence-electron chi connectivity index (χ3n) is 4.01. The van der Waals surface area contributed by atoms with Crippen LogP contribution in [0.25, 0.3) is 0 Å². The number of rotatable bonds is 8. The highest BCUT2D eigenvalue weighted by atomic mass is 35.5. The van der Waals surface area contributed by atoms with E-state index < -0.39 is 6.04 Å². The number of hydrogen-bond acceptors (Lipinski definition) is 5. The molecule has 0 aliphatic heterocycles. The number of nitrogens with two attached hydrogens (primary N) is 1. The van der Waals surface area contributed by atoms with Crippen LogP contribution in [0, 0.1) is 0 Å². The van der Waals surface area contributed by atoms with Crippen LogP contribution in [-0.2, 0) is 16.1 Å². The molecule has 0 saturated heterocycles. The van der Waals surface area contributed by atoms with Crippen LogP contribution in [0.2, 0.25) is 0 Å². The zero-order valence-electron chi connectivity index (χ0n) is 14.2. The zero-order valence-corrected chi connectivity index (χ0v) is 15.1. The van der Waals surface area contributed by atoms with Crippen molar-refractivity contribution in [2.75, 3.05) is 20.8 Å². The van der Waals surface area contributed by atoms with E-state index in [2.05, 4.69) is 5.32 Å². The standard InChI is InChI=1S/C17H26N2O4.ClH/c1-21-11-15(18)17(20)19-10-12-7-8-14(22-2)9-16(12)23-13-5-3-4-6-13;/h7-9,13,15H,3-6,10-11,18H2,1-2H3,(H,19,20);1H. The SMILES string of the molecule is COCC(N)C(=O)NCc1ccc(OC)cc1OC1CCCC1.Cl. The molecular weight excluding hydrogens is 332 g/mol. The van der Waals surface area contributed by atoms with Gasteiger partial charge >= 0.3 is 0 Å². The quantitative estimate of drug-likeness (QED) is 0.743. The minimum Gasteiger partial charge on any atom is -0.497 e. The second kappa shape index (κ2) is 10.4. The maximum Gasteiger partial charge on any atom is 0.239 e. The van der Waals surface area contributed by atoms with Gasteiger partial charge in [-0.25, -0.2) is 0 Å². The summed E-state index contributed by atoms with van der Waals surface area (Å²) < 4.78 is 16.3. The highest BCUT2D eigenvalue weighted by Gasteiger charge is 2.19. The lowest BCUT2D eigenvalue weighted by Gasteiger charge is -2.18. The number of carbonyl (C=O) groups is 1. The Morgan fingerprint density at radius 3 is 2.67 bits per heavy atom. The van der Waals surface area contributed by atoms with Crippen LogP contribution in [0.15, 0.2) is 18.2 Å². The maximum absolute atomic E-state index is 11.9. The fourth-order valence-corrected chi connectivity index (χ4v) is 2.67. The molecule has 1 amide bonds. The summed E-state index contributed by atoms with van der Waals surface area (Å²) in [6, 6.07) is 4.97. The van der Waals surface area contributed by atoms with Gasteiger partial charge in [-0.15, -0.1) is 12.4 Å². The van der Waals surface area contributed by atoms with Gasteiger partial charge in [0.05, 0.1) is 19.8 Å². The maximum atomic E-state index is 11.9. The Morgan fingerprint density at radius 1 is 1.33 bits per heavy atom. The van der Waals surface area contributed by atoms with Crippen molar-refractivity contribution in [2.24, 2.45) is 5.73 Å². The van der Waals surface area contributed by atoms with E-state index >= 15 is 0 Å². The number of hydrogen-bond donors (Lipinski definition) is 2. The Balaban J connectivity index is 0.00000288. The first-order chi connectivity index (χ1) is 11.1. The molecule has 1 aliphatic rings. The molecule has 1 fully saturated rings.